The first-order valence-electron chi connectivity index (χ1n) is 9.25. The van der Waals surface area contributed by atoms with Gasteiger partial charge in [-0.1, -0.05) is 12.1 Å². The summed E-state index contributed by atoms with van der Waals surface area (Å²) in [6.45, 7) is 2.54. The molecule has 0 atom stereocenters. The molecule has 0 saturated heterocycles. The molecule has 10 nitrogen and oxygen atoms in total. The van der Waals surface area contributed by atoms with Gasteiger partial charge >= 0.3 is 5.97 Å². The molecule has 30 heavy (non-hydrogen) atoms. The maximum Gasteiger partial charge on any atom is 0.341 e. The lowest BCUT2D eigenvalue weighted by Gasteiger charge is -2.09. The lowest BCUT2D eigenvalue weighted by atomic mass is 10.2. The minimum absolute atomic E-state index is 0.263. The van der Waals surface area contributed by atoms with E-state index in [1.54, 1.807) is 24.9 Å². The van der Waals surface area contributed by atoms with Crippen LogP contribution in [0.25, 0.3) is 17.0 Å². The molecule has 0 N–H and O–H groups in total. The van der Waals surface area contributed by atoms with Gasteiger partial charge < -0.3 is 14.2 Å². The number of hydrogen-bond acceptors (Lipinski definition) is 8. The fourth-order valence-electron chi connectivity index (χ4n) is 2.97. The molecular formula is C20H20N6O4. The van der Waals surface area contributed by atoms with Crippen molar-refractivity contribution in [3.8, 4) is 17.6 Å². The van der Waals surface area contributed by atoms with Crippen LogP contribution >= 0.6 is 0 Å². The zero-order valence-corrected chi connectivity index (χ0v) is 16.8. The Morgan fingerprint density at radius 2 is 1.83 bits per heavy atom. The third-order valence-corrected chi connectivity index (χ3v) is 4.43. The van der Waals surface area contributed by atoms with Crippen LogP contribution in [0.5, 0.6) is 11.6 Å². The van der Waals surface area contributed by atoms with Crippen LogP contribution in [0.1, 0.15) is 22.8 Å². The van der Waals surface area contributed by atoms with Gasteiger partial charge in [0, 0.05) is 6.20 Å². The van der Waals surface area contributed by atoms with Crippen LogP contribution in [0.4, 0.5) is 0 Å². The Balaban J connectivity index is 1.68. The van der Waals surface area contributed by atoms with E-state index in [2.05, 4.69) is 20.2 Å². The van der Waals surface area contributed by atoms with Crippen molar-refractivity contribution in [2.45, 2.75) is 13.5 Å². The highest BCUT2D eigenvalue weighted by molar-refractivity contribution is 5.88. The Labute approximate surface area is 172 Å². The summed E-state index contributed by atoms with van der Waals surface area (Å²) in [6, 6.07) is 7.72. The van der Waals surface area contributed by atoms with E-state index >= 15 is 0 Å². The van der Waals surface area contributed by atoms with Crippen molar-refractivity contribution < 1.29 is 19.0 Å². The van der Waals surface area contributed by atoms with Gasteiger partial charge in [0.1, 0.15) is 16.8 Å². The van der Waals surface area contributed by atoms with Crippen LogP contribution in [0.3, 0.4) is 0 Å². The molecule has 3 heterocycles. The smallest absolute Gasteiger partial charge is 0.341 e. The Morgan fingerprint density at radius 1 is 1.03 bits per heavy atom. The van der Waals surface area contributed by atoms with Crippen molar-refractivity contribution in [2.24, 2.45) is 0 Å². The van der Waals surface area contributed by atoms with E-state index in [-0.39, 0.29) is 12.6 Å². The monoisotopic (exact) mass is 408 g/mol. The van der Waals surface area contributed by atoms with E-state index in [1.165, 1.54) is 24.2 Å². The predicted molar refractivity (Wildman–Crippen MR) is 107 cm³/mol. The SMILES string of the molecule is CCOC(=O)c1cnn(-c2nc(OC)c3c(cnn3Cc3ccc(OC)cc3)n2)c1. The molecule has 0 aliphatic carbocycles. The third kappa shape index (κ3) is 3.66. The maximum atomic E-state index is 11.9. The molecule has 10 heteroatoms. The molecule has 154 valence electrons. The minimum atomic E-state index is -0.455. The van der Waals surface area contributed by atoms with Crippen molar-refractivity contribution in [3.63, 3.8) is 0 Å². The van der Waals surface area contributed by atoms with E-state index in [1.807, 2.05) is 24.3 Å². The van der Waals surface area contributed by atoms with Crippen molar-refractivity contribution in [2.75, 3.05) is 20.8 Å². The zero-order valence-electron chi connectivity index (χ0n) is 16.8. The zero-order chi connectivity index (χ0) is 21.1. The fraction of sp³-hybridized carbons (Fsp3) is 0.250. The van der Waals surface area contributed by atoms with Crippen LogP contribution in [-0.4, -0.2) is 56.3 Å². The summed E-state index contributed by atoms with van der Waals surface area (Å²) in [5, 5.41) is 8.59. The Bertz CT molecular complexity index is 1180. The highest BCUT2D eigenvalue weighted by Gasteiger charge is 2.17. The number of carbonyl (C=O) groups excluding carboxylic acids is 1. The Hall–Kier alpha value is -3.95. The first kappa shape index (κ1) is 19.4. The van der Waals surface area contributed by atoms with Gasteiger partial charge in [0.25, 0.3) is 5.95 Å². The highest BCUT2D eigenvalue weighted by atomic mass is 16.5. The van der Waals surface area contributed by atoms with Crippen LogP contribution in [0.15, 0.2) is 42.9 Å². The molecule has 0 unspecified atom stereocenters. The molecule has 3 aromatic heterocycles. The standard InChI is InChI=1S/C20H20N6O4/c1-4-30-19(27)14-9-21-26(12-14)20-23-16-10-22-25(17(16)18(24-20)29-3)11-13-5-7-15(28-2)8-6-13/h5-10,12H,4,11H2,1-3H3. The second kappa shape index (κ2) is 8.19. The summed E-state index contributed by atoms with van der Waals surface area (Å²) < 4.78 is 18.8. The van der Waals surface area contributed by atoms with Gasteiger partial charge in [-0.15, -0.1) is 0 Å². The van der Waals surface area contributed by atoms with Crippen LogP contribution < -0.4 is 9.47 Å². The number of hydrogen-bond donors (Lipinski definition) is 0. The fourth-order valence-corrected chi connectivity index (χ4v) is 2.97. The van der Waals surface area contributed by atoms with Crippen LogP contribution in [0.2, 0.25) is 0 Å². The molecule has 0 radical (unpaired) electrons. The summed E-state index contributed by atoms with van der Waals surface area (Å²) >= 11 is 0. The van der Waals surface area contributed by atoms with E-state index in [0.717, 1.165) is 11.3 Å². The number of aromatic nitrogens is 6. The van der Waals surface area contributed by atoms with Gasteiger partial charge in [0.2, 0.25) is 5.88 Å². The summed E-state index contributed by atoms with van der Waals surface area (Å²) in [5.41, 5.74) is 2.61. The Morgan fingerprint density at radius 3 is 2.53 bits per heavy atom. The van der Waals surface area contributed by atoms with Crippen molar-refractivity contribution in [3.05, 3.63) is 54.0 Å². The predicted octanol–water partition coefficient (Wildman–Crippen LogP) is 2.25. The first-order chi connectivity index (χ1) is 14.6. The van der Waals surface area contributed by atoms with Crippen molar-refractivity contribution >= 4 is 17.0 Å². The Kier molecular flexibility index (Phi) is 5.29. The van der Waals surface area contributed by atoms with Gasteiger partial charge in [-0.05, 0) is 24.6 Å². The minimum Gasteiger partial charge on any atom is -0.497 e. The molecule has 0 bridgehead atoms. The number of benzene rings is 1. The number of rotatable bonds is 7. The van der Waals surface area contributed by atoms with Crippen LogP contribution in [-0.2, 0) is 11.3 Å². The number of nitrogens with zero attached hydrogens (tertiary/aromatic N) is 6. The molecule has 0 spiro atoms. The summed E-state index contributed by atoms with van der Waals surface area (Å²) in [4.78, 5) is 20.8. The molecule has 0 amide bonds. The molecule has 4 aromatic rings. The molecular weight excluding hydrogens is 388 g/mol. The van der Waals surface area contributed by atoms with Crippen LogP contribution in [0, 0.1) is 0 Å². The lowest BCUT2D eigenvalue weighted by Crippen LogP contribution is -2.07. The molecule has 0 saturated carbocycles. The average Bonchev–Trinajstić information content (AvgIpc) is 3.42. The van der Waals surface area contributed by atoms with Crippen molar-refractivity contribution in [1.29, 1.82) is 0 Å². The number of ether oxygens (including phenoxy) is 3. The van der Waals surface area contributed by atoms with E-state index < -0.39 is 5.97 Å². The molecule has 4 rings (SSSR count). The normalized spacial score (nSPS) is 10.9. The summed E-state index contributed by atoms with van der Waals surface area (Å²) in [6.07, 6.45) is 4.56. The van der Waals surface area contributed by atoms with Gasteiger partial charge in [-0.25, -0.2) is 14.5 Å². The van der Waals surface area contributed by atoms with Gasteiger partial charge in [0.15, 0.2) is 0 Å². The number of fused-ring (bicyclic) bond motifs is 1. The molecule has 1 aromatic carbocycles. The molecule has 0 aliphatic heterocycles. The lowest BCUT2D eigenvalue weighted by molar-refractivity contribution is 0.0526. The van der Waals surface area contributed by atoms with Gasteiger partial charge in [-0.2, -0.15) is 15.2 Å². The number of carbonyl (C=O) groups is 1. The van der Waals surface area contributed by atoms with E-state index in [0.29, 0.717) is 29.0 Å². The summed E-state index contributed by atoms with van der Waals surface area (Å²) in [5.74, 6) is 0.952. The highest BCUT2D eigenvalue weighted by Crippen LogP contribution is 2.24. The quantitative estimate of drug-likeness (QED) is 0.429. The summed E-state index contributed by atoms with van der Waals surface area (Å²) in [7, 11) is 3.16. The first-order valence-corrected chi connectivity index (χ1v) is 9.25. The van der Waals surface area contributed by atoms with Gasteiger partial charge in [-0.3, -0.25) is 4.68 Å². The average molecular weight is 408 g/mol. The topological polar surface area (TPSA) is 106 Å². The number of esters is 1. The maximum absolute atomic E-state index is 11.9. The second-order valence-electron chi connectivity index (χ2n) is 6.31. The van der Waals surface area contributed by atoms with Gasteiger partial charge in [0.05, 0.1) is 45.3 Å². The van der Waals surface area contributed by atoms with Crippen molar-refractivity contribution in [1.82, 2.24) is 29.5 Å². The third-order valence-electron chi connectivity index (χ3n) is 4.43. The second-order valence-corrected chi connectivity index (χ2v) is 6.31. The number of methoxy groups -OCH3 is 2. The van der Waals surface area contributed by atoms with E-state index in [4.69, 9.17) is 14.2 Å². The molecule has 0 fully saturated rings. The molecule has 0 aliphatic rings. The largest absolute Gasteiger partial charge is 0.497 e. The van der Waals surface area contributed by atoms with E-state index in [9.17, 15) is 4.79 Å².